The summed E-state index contributed by atoms with van der Waals surface area (Å²) in [4.78, 5) is 52.3. The summed E-state index contributed by atoms with van der Waals surface area (Å²) in [6, 6.07) is 21.4. The zero-order valence-electron chi connectivity index (χ0n) is 34.6. The van der Waals surface area contributed by atoms with Crippen LogP contribution in [0.1, 0.15) is 42.7 Å². The number of amides is 4. The largest absolute Gasteiger partial charge is 0.492 e. The molecule has 62 heavy (non-hydrogen) atoms. The maximum atomic E-state index is 13.6. The SMILES string of the molecule is O=C(CCOCCOCCOCCNc1ccc([N+](=O)[O-])c2nonc12)NCCOc1cccc(C(c2ccccc2)C2CCN(C(=O)N3CC[C@@H]4OCC(=O)N[C@@H]4C3)CC2)c1. The number of ether oxygens (including phenoxy) is 5. The Morgan fingerprint density at radius 1 is 0.839 bits per heavy atom. The quantitative estimate of drug-likeness (QED) is 0.0618. The fourth-order valence-electron chi connectivity index (χ4n) is 8.25. The van der Waals surface area contributed by atoms with Crippen molar-refractivity contribution in [3.63, 3.8) is 0 Å². The summed E-state index contributed by atoms with van der Waals surface area (Å²) >= 11 is 0. The number of hydrogen-bond acceptors (Lipinski definition) is 14. The van der Waals surface area contributed by atoms with Crippen LogP contribution < -0.4 is 20.7 Å². The van der Waals surface area contributed by atoms with Gasteiger partial charge in [0.05, 0.1) is 68.9 Å². The topological polar surface area (TPSA) is 222 Å². The Hall–Kier alpha value is -5.89. The van der Waals surface area contributed by atoms with Gasteiger partial charge in [0.2, 0.25) is 17.3 Å². The number of non-ortho nitro benzene ring substituents is 1. The van der Waals surface area contributed by atoms with Crippen molar-refractivity contribution in [3.8, 4) is 5.75 Å². The molecule has 0 radical (unpaired) electrons. The van der Waals surface area contributed by atoms with Gasteiger partial charge in [0.15, 0.2) is 5.52 Å². The molecule has 4 heterocycles. The van der Waals surface area contributed by atoms with Gasteiger partial charge in [-0.25, -0.2) is 9.42 Å². The van der Waals surface area contributed by atoms with Crippen LogP contribution in [0.25, 0.3) is 11.0 Å². The number of hydrogen-bond donors (Lipinski definition) is 3. The number of piperidine rings is 2. The molecule has 3 saturated heterocycles. The van der Waals surface area contributed by atoms with Crippen molar-refractivity contribution in [2.24, 2.45) is 5.92 Å². The molecule has 3 aliphatic heterocycles. The van der Waals surface area contributed by atoms with Crippen LogP contribution in [-0.4, -0.2) is 147 Å². The van der Waals surface area contributed by atoms with Crippen LogP contribution in [0.5, 0.6) is 5.75 Å². The van der Waals surface area contributed by atoms with Gasteiger partial charge in [0.25, 0.3) is 0 Å². The molecule has 332 valence electrons. The van der Waals surface area contributed by atoms with Crippen molar-refractivity contribution in [2.75, 3.05) is 97.4 Å². The number of rotatable bonds is 21. The molecule has 1 aromatic heterocycles. The maximum Gasteiger partial charge on any atom is 0.320 e. The van der Waals surface area contributed by atoms with Gasteiger partial charge in [0, 0.05) is 51.1 Å². The van der Waals surface area contributed by atoms with Crippen LogP contribution in [0.15, 0.2) is 71.4 Å². The summed E-state index contributed by atoms with van der Waals surface area (Å²) in [5.41, 5.74) is 3.11. The highest BCUT2D eigenvalue weighted by Gasteiger charge is 2.39. The summed E-state index contributed by atoms with van der Waals surface area (Å²) in [6.07, 6.45) is 2.61. The number of benzene rings is 3. The van der Waals surface area contributed by atoms with E-state index in [1.54, 1.807) is 6.07 Å². The summed E-state index contributed by atoms with van der Waals surface area (Å²) in [7, 11) is 0. The predicted octanol–water partition coefficient (Wildman–Crippen LogP) is 3.73. The lowest BCUT2D eigenvalue weighted by Gasteiger charge is -2.44. The summed E-state index contributed by atoms with van der Waals surface area (Å²) in [5.74, 6) is 0.909. The van der Waals surface area contributed by atoms with Gasteiger partial charge in [-0.05, 0) is 64.8 Å². The summed E-state index contributed by atoms with van der Waals surface area (Å²) in [5, 5.41) is 27.5. The molecule has 3 aromatic carbocycles. The number of likely N-dealkylation sites (tertiary alicyclic amines) is 2. The Bertz CT molecular complexity index is 2100. The monoisotopic (exact) mass is 858 g/mol. The molecule has 4 amide bonds. The van der Waals surface area contributed by atoms with Crippen LogP contribution in [0.3, 0.4) is 0 Å². The lowest BCUT2D eigenvalue weighted by atomic mass is 9.76. The van der Waals surface area contributed by atoms with Crippen molar-refractivity contribution in [1.29, 1.82) is 0 Å². The number of carbonyl (C=O) groups excluding carboxylic acids is 3. The van der Waals surface area contributed by atoms with Gasteiger partial charge in [-0.3, -0.25) is 19.7 Å². The fourth-order valence-corrected chi connectivity index (χ4v) is 8.25. The number of urea groups is 1. The third-order valence-electron chi connectivity index (χ3n) is 11.3. The van der Waals surface area contributed by atoms with Crippen LogP contribution in [0, 0.1) is 16.0 Å². The number of carbonyl (C=O) groups is 3. The highest BCUT2D eigenvalue weighted by atomic mass is 16.6. The van der Waals surface area contributed by atoms with Crippen molar-refractivity contribution in [3.05, 3.63) is 88.0 Å². The average molecular weight is 859 g/mol. The number of morpholine rings is 1. The molecular formula is C43H54N8O11. The maximum absolute atomic E-state index is 13.6. The molecule has 0 saturated carbocycles. The second-order valence-corrected chi connectivity index (χ2v) is 15.4. The average Bonchev–Trinajstić information content (AvgIpc) is 3.79. The smallest absolute Gasteiger partial charge is 0.320 e. The molecule has 1 unspecified atom stereocenters. The Morgan fingerprint density at radius 2 is 1.56 bits per heavy atom. The van der Waals surface area contributed by atoms with E-state index in [1.165, 1.54) is 11.6 Å². The van der Waals surface area contributed by atoms with Crippen molar-refractivity contribution >= 4 is 40.3 Å². The first kappa shape index (κ1) is 44.2. The minimum absolute atomic E-state index is 0.0261. The summed E-state index contributed by atoms with van der Waals surface area (Å²) < 4.78 is 33.1. The number of fused-ring (bicyclic) bond motifs is 2. The van der Waals surface area contributed by atoms with E-state index in [9.17, 15) is 24.5 Å². The normalized spacial score (nSPS) is 18.5. The zero-order chi connectivity index (χ0) is 43.1. The van der Waals surface area contributed by atoms with E-state index in [0.717, 1.165) is 24.2 Å². The molecule has 3 atom stereocenters. The molecule has 4 aromatic rings. The van der Waals surface area contributed by atoms with Gasteiger partial charge in [0.1, 0.15) is 19.0 Å². The van der Waals surface area contributed by atoms with E-state index in [0.29, 0.717) is 96.9 Å². The van der Waals surface area contributed by atoms with Gasteiger partial charge in [-0.2, -0.15) is 0 Å². The first-order chi connectivity index (χ1) is 30.3. The van der Waals surface area contributed by atoms with Gasteiger partial charge in [-0.15, -0.1) is 0 Å². The highest BCUT2D eigenvalue weighted by molar-refractivity contribution is 5.93. The van der Waals surface area contributed by atoms with E-state index in [2.05, 4.69) is 67.3 Å². The first-order valence-corrected chi connectivity index (χ1v) is 21.2. The minimum Gasteiger partial charge on any atom is -0.492 e. The van der Waals surface area contributed by atoms with Crippen LogP contribution >= 0.6 is 0 Å². The van der Waals surface area contributed by atoms with Crippen LogP contribution in [0.2, 0.25) is 0 Å². The molecular weight excluding hydrogens is 805 g/mol. The van der Waals surface area contributed by atoms with E-state index in [4.69, 9.17) is 23.7 Å². The molecule has 0 bridgehead atoms. The number of nitrogens with one attached hydrogen (secondary N) is 3. The molecule has 19 heteroatoms. The van der Waals surface area contributed by atoms with E-state index in [1.807, 2.05) is 28.0 Å². The van der Waals surface area contributed by atoms with Gasteiger partial charge >= 0.3 is 11.7 Å². The Balaban J connectivity index is 0.749. The summed E-state index contributed by atoms with van der Waals surface area (Å²) in [6.45, 7) is 5.68. The van der Waals surface area contributed by atoms with Gasteiger partial charge < -0.3 is 49.4 Å². The van der Waals surface area contributed by atoms with Crippen molar-refractivity contribution in [1.82, 2.24) is 30.7 Å². The van der Waals surface area contributed by atoms with E-state index >= 15 is 0 Å². The standard InChI is InChI=1S/C43H54N8O11/c52-38(14-20-57-23-25-59-26-24-58-21-15-44-34-9-10-36(51(55)56)42-41(34)47-62-48-42)45-16-22-60-33-8-4-7-32(27-33)40(30-5-2-1-3-6-30)31-11-17-49(18-12-31)43(54)50-19-13-37-35(28-50)46-39(53)29-61-37/h1-10,27,31,35,37,40,44H,11-26,28-29H2,(H,45,52)(H,46,53)/t35-,37+,40?/m1/s1. The van der Waals surface area contributed by atoms with Crippen molar-refractivity contribution in [2.45, 2.75) is 43.7 Å². The Labute approximate surface area is 358 Å². The molecule has 0 spiro atoms. The second-order valence-electron chi connectivity index (χ2n) is 15.4. The third kappa shape index (κ3) is 11.9. The molecule has 3 fully saturated rings. The van der Waals surface area contributed by atoms with E-state index < -0.39 is 4.92 Å². The second kappa shape index (κ2) is 22.3. The highest BCUT2D eigenvalue weighted by Crippen LogP contribution is 2.39. The molecule has 0 aliphatic carbocycles. The Kier molecular flexibility index (Phi) is 15.9. The first-order valence-electron chi connectivity index (χ1n) is 21.2. The van der Waals surface area contributed by atoms with Gasteiger partial charge in [-0.1, -0.05) is 42.5 Å². The van der Waals surface area contributed by atoms with Crippen LogP contribution in [0.4, 0.5) is 16.2 Å². The number of nitrogens with zero attached hydrogens (tertiary/aromatic N) is 5. The number of nitro benzene ring substituents is 1. The minimum atomic E-state index is -0.537. The molecule has 7 rings (SSSR count). The number of nitro groups is 1. The predicted molar refractivity (Wildman–Crippen MR) is 225 cm³/mol. The lowest BCUT2D eigenvalue weighted by molar-refractivity contribution is -0.383. The zero-order valence-corrected chi connectivity index (χ0v) is 34.6. The number of aromatic nitrogens is 2. The lowest BCUT2D eigenvalue weighted by Crippen LogP contribution is -2.62. The number of anilines is 1. The molecule has 3 N–H and O–H groups in total. The third-order valence-corrected chi connectivity index (χ3v) is 11.3. The van der Waals surface area contributed by atoms with Crippen molar-refractivity contribution < 1.29 is 47.6 Å². The molecule has 19 nitrogen and oxygen atoms in total. The molecule has 3 aliphatic rings. The van der Waals surface area contributed by atoms with E-state index in [-0.39, 0.29) is 72.3 Å². The fraction of sp³-hybridized carbons (Fsp3) is 0.512. The van der Waals surface area contributed by atoms with Crippen LogP contribution in [-0.2, 0) is 28.5 Å². The Morgan fingerprint density at radius 3 is 2.35 bits per heavy atom.